The summed E-state index contributed by atoms with van der Waals surface area (Å²) in [5, 5.41) is 5.54. The van der Waals surface area contributed by atoms with Crippen LogP contribution in [0.1, 0.15) is 19.8 Å². The van der Waals surface area contributed by atoms with Crippen molar-refractivity contribution in [3.63, 3.8) is 0 Å². The normalized spacial score (nSPS) is 16.8. The molecule has 2 aromatic heterocycles. The van der Waals surface area contributed by atoms with Gasteiger partial charge in [-0.05, 0) is 50.1 Å². The quantitative estimate of drug-likeness (QED) is 0.550. The zero-order valence-electron chi connectivity index (χ0n) is 17.1. The van der Waals surface area contributed by atoms with Crippen LogP contribution in [0.5, 0.6) is 0 Å². The van der Waals surface area contributed by atoms with Crippen LogP contribution in [0.4, 0.5) is 11.6 Å². The Morgan fingerprint density at radius 3 is 2.70 bits per heavy atom. The first kappa shape index (κ1) is 18.6. The summed E-state index contributed by atoms with van der Waals surface area (Å²) in [5.41, 5.74) is 3.27. The van der Waals surface area contributed by atoms with Gasteiger partial charge in [-0.25, -0.2) is 9.97 Å². The van der Waals surface area contributed by atoms with Crippen LogP contribution in [0.25, 0.3) is 21.8 Å². The highest BCUT2D eigenvalue weighted by Crippen LogP contribution is 2.31. The van der Waals surface area contributed by atoms with Crippen molar-refractivity contribution in [3.8, 4) is 0 Å². The van der Waals surface area contributed by atoms with Crippen molar-refractivity contribution >= 4 is 39.3 Å². The van der Waals surface area contributed by atoms with Gasteiger partial charge in [0.1, 0.15) is 0 Å². The second kappa shape index (κ2) is 7.78. The monoisotopic (exact) mass is 399 g/mol. The average molecular weight is 399 g/mol. The lowest BCUT2D eigenvalue weighted by molar-refractivity contribution is -0.120. The van der Waals surface area contributed by atoms with Crippen molar-refractivity contribution in [2.24, 2.45) is 5.92 Å². The molecule has 3 heterocycles. The van der Waals surface area contributed by atoms with Crippen molar-refractivity contribution < 1.29 is 4.79 Å². The number of amides is 1. The fourth-order valence-electron chi connectivity index (χ4n) is 4.54. The number of hydrogen-bond donors (Lipinski definition) is 1. The zero-order valence-corrected chi connectivity index (χ0v) is 17.1. The molecule has 0 unspecified atom stereocenters. The standard InChI is InChI=1S/C24H25N5O/c1-2-29-21-9-4-3-8-19(21)20-15-18(10-11-22(20)29)27-23(30)17-7-5-14-28(16-17)24-25-12-6-13-26-24/h3-4,6,8-13,15,17H,2,5,7,14,16H2,1H3,(H,27,30)/t17-/m0/s1. The molecular weight excluding hydrogens is 374 g/mol. The minimum atomic E-state index is -0.0739. The lowest BCUT2D eigenvalue weighted by Crippen LogP contribution is -2.41. The lowest BCUT2D eigenvalue weighted by atomic mass is 9.97. The number of carbonyl (C=O) groups excluding carboxylic acids is 1. The SMILES string of the molecule is CCn1c2ccccc2c2cc(NC(=O)[C@H]3CCCN(c4ncccn4)C3)ccc21. The van der Waals surface area contributed by atoms with E-state index in [0.29, 0.717) is 12.5 Å². The highest BCUT2D eigenvalue weighted by Gasteiger charge is 2.27. The Morgan fingerprint density at radius 1 is 1.07 bits per heavy atom. The number of aryl methyl sites for hydroxylation is 1. The summed E-state index contributed by atoms with van der Waals surface area (Å²) < 4.78 is 2.31. The minimum Gasteiger partial charge on any atom is -0.341 e. The topological polar surface area (TPSA) is 63.1 Å². The van der Waals surface area contributed by atoms with Gasteiger partial charge >= 0.3 is 0 Å². The van der Waals surface area contributed by atoms with Crippen LogP contribution >= 0.6 is 0 Å². The fraction of sp³-hybridized carbons (Fsp3) is 0.292. The van der Waals surface area contributed by atoms with Gasteiger partial charge in [-0.1, -0.05) is 18.2 Å². The van der Waals surface area contributed by atoms with Crippen LogP contribution in [0.3, 0.4) is 0 Å². The predicted octanol–water partition coefficient (Wildman–Crippen LogP) is 4.46. The van der Waals surface area contributed by atoms with Crippen LogP contribution in [0, 0.1) is 5.92 Å². The van der Waals surface area contributed by atoms with E-state index in [1.165, 1.54) is 21.8 Å². The predicted molar refractivity (Wildman–Crippen MR) is 121 cm³/mol. The number of piperidine rings is 1. The highest BCUT2D eigenvalue weighted by molar-refractivity contribution is 6.09. The Morgan fingerprint density at radius 2 is 1.87 bits per heavy atom. The molecule has 1 N–H and O–H groups in total. The van der Waals surface area contributed by atoms with Gasteiger partial charge in [0.15, 0.2) is 0 Å². The molecule has 4 aromatic rings. The van der Waals surface area contributed by atoms with Gasteiger partial charge in [0, 0.05) is 59.5 Å². The Hall–Kier alpha value is -3.41. The smallest absolute Gasteiger partial charge is 0.229 e. The Labute approximate surface area is 175 Å². The molecular formula is C24H25N5O. The summed E-state index contributed by atoms with van der Waals surface area (Å²) in [6.45, 7) is 4.60. The van der Waals surface area contributed by atoms with E-state index < -0.39 is 0 Å². The zero-order chi connectivity index (χ0) is 20.5. The van der Waals surface area contributed by atoms with E-state index in [-0.39, 0.29) is 11.8 Å². The number of carbonyl (C=O) groups is 1. The van der Waals surface area contributed by atoms with Gasteiger partial charge in [-0.15, -0.1) is 0 Å². The van der Waals surface area contributed by atoms with Crippen molar-refractivity contribution in [2.45, 2.75) is 26.3 Å². The summed E-state index contributed by atoms with van der Waals surface area (Å²) >= 11 is 0. The van der Waals surface area contributed by atoms with Crippen LogP contribution in [0.15, 0.2) is 60.9 Å². The van der Waals surface area contributed by atoms with Gasteiger partial charge in [-0.3, -0.25) is 4.79 Å². The number of nitrogens with zero attached hydrogens (tertiary/aromatic N) is 4. The fourth-order valence-corrected chi connectivity index (χ4v) is 4.54. The molecule has 1 fully saturated rings. The number of aromatic nitrogens is 3. The number of benzene rings is 2. The molecule has 30 heavy (non-hydrogen) atoms. The Balaban J connectivity index is 1.39. The lowest BCUT2D eigenvalue weighted by Gasteiger charge is -2.31. The summed E-state index contributed by atoms with van der Waals surface area (Å²) in [6, 6.07) is 16.5. The Kier molecular flexibility index (Phi) is 4.83. The maximum absolute atomic E-state index is 13.0. The summed E-state index contributed by atoms with van der Waals surface area (Å²) in [4.78, 5) is 23.8. The van der Waals surface area contributed by atoms with E-state index in [1.54, 1.807) is 12.4 Å². The number of anilines is 2. The van der Waals surface area contributed by atoms with Crippen LogP contribution in [0.2, 0.25) is 0 Å². The van der Waals surface area contributed by atoms with Crippen molar-refractivity contribution in [2.75, 3.05) is 23.3 Å². The van der Waals surface area contributed by atoms with Gasteiger partial charge in [0.05, 0.1) is 5.92 Å². The van der Waals surface area contributed by atoms with Gasteiger partial charge in [0.25, 0.3) is 0 Å². The van der Waals surface area contributed by atoms with E-state index in [0.717, 1.165) is 31.6 Å². The summed E-state index contributed by atoms with van der Waals surface area (Å²) in [6.07, 6.45) is 5.33. The second-order valence-corrected chi connectivity index (χ2v) is 7.82. The maximum atomic E-state index is 13.0. The van der Waals surface area contributed by atoms with Gasteiger partial charge in [0.2, 0.25) is 11.9 Å². The third-order valence-electron chi connectivity index (χ3n) is 5.98. The molecule has 6 nitrogen and oxygen atoms in total. The van der Waals surface area contributed by atoms with Crippen molar-refractivity contribution in [3.05, 3.63) is 60.9 Å². The molecule has 152 valence electrons. The molecule has 0 bridgehead atoms. The van der Waals surface area contributed by atoms with Crippen molar-refractivity contribution in [1.29, 1.82) is 0 Å². The number of hydrogen-bond acceptors (Lipinski definition) is 4. The van der Waals surface area contributed by atoms with E-state index >= 15 is 0 Å². The third-order valence-corrected chi connectivity index (χ3v) is 5.98. The molecule has 0 spiro atoms. The molecule has 0 aliphatic carbocycles. The molecule has 6 heteroatoms. The van der Waals surface area contributed by atoms with Crippen molar-refractivity contribution in [1.82, 2.24) is 14.5 Å². The van der Waals surface area contributed by atoms with Gasteiger partial charge in [-0.2, -0.15) is 0 Å². The second-order valence-electron chi connectivity index (χ2n) is 7.82. The minimum absolute atomic E-state index is 0.0641. The van der Waals surface area contributed by atoms with E-state index in [9.17, 15) is 4.79 Å². The third kappa shape index (κ3) is 3.28. The van der Waals surface area contributed by atoms with E-state index in [4.69, 9.17) is 0 Å². The van der Waals surface area contributed by atoms with E-state index in [1.807, 2.05) is 12.1 Å². The number of rotatable bonds is 4. The molecule has 1 atom stereocenters. The van der Waals surface area contributed by atoms with E-state index in [2.05, 4.69) is 68.1 Å². The first-order valence-electron chi connectivity index (χ1n) is 10.6. The van der Waals surface area contributed by atoms with Crippen LogP contribution < -0.4 is 10.2 Å². The molecule has 0 radical (unpaired) electrons. The molecule has 0 saturated carbocycles. The molecule has 1 saturated heterocycles. The maximum Gasteiger partial charge on any atom is 0.229 e. The van der Waals surface area contributed by atoms with Gasteiger partial charge < -0.3 is 14.8 Å². The number of fused-ring (bicyclic) bond motifs is 3. The van der Waals surface area contributed by atoms with Crippen LogP contribution in [-0.2, 0) is 11.3 Å². The Bertz CT molecular complexity index is 1200. The molecule has 1 amide bonds. The molecule has 1 aliphatic rings. The summed E-state index contributed by atoms with van der Waals surface area (Å²) in [7, 11) is 0. The highest BCUT2D eigenvalue weighted by atomic mass is 16.1. The summed E-state index contributed by atoms with van der Waals surface area (Å²) in [5.74, 6) is 0.688. The average Bonchev–Trinajstić information content (AvgIpc) is 3.13. The largest absolute Gasteiger partial charge is 0.341 e. The number of para-hydroxylation sites is 1. The first-order valence-corrected chi connectivity index (χ1v) is 10.6. The molecule has 2 aromatic carbocycles. The molecule has 5 rings (SSSR count). The number of nitrogens with one attached hydrogen (secondary N) is 1. The van der Waals surface area contributed by atoms with Crippen LogP contribution in [-0.4, -0.2) is 33.5 Å². The first-order chi connectivity index (χ1) is 14.7. The molecule has 1 aliphatic heterocycles.